The Bertz CT molecular complexity index is 1470. The zero-order valence-electron chi connectivity index (χ0n) is 37.7. The lowest BCUT2D eigenvalue weighted by Gasteiger charge is -2.42. The fourth-order valence-corrected chi connectivity index (χ4v) is 143. The van der Waals surface area contributed by atoms with Gasteiger partial charge in [-0.25, -0.2) is 0 Å². The van der Waals surface area contributed by atoms with Crippen LogP contribution in [-0.4, -0.2) is 241 Å². The highest BCUT2D eigenvalue weighted by Gasteiger charge is 2.58. The minimum Gasteiger partial charge on any atom is -0.458 e. The molecule has 0 saturated heterocycles. The van der Waals surface area contributed by atoms with Gasteiger partial charge in [0.25, 0.3) is 10.0 Å². The minimum atomic E-state index is -4.60. The zero-order chi connectivity index (χ0) is 48.9. The average molecular weight is 1160 g/mol. The lowest BCUT2D eigenvalue weighted by atomic mass is 10.2. The fourth-order valence-electron chi connectivity index (χ4n) is 5.56. The molecule has 0 aromatic rings. The molecular weight excluding hydrogens is 1090 g/mol. The van der Waals surface area contributed by atoms with Crippen molar-refractivity contribution in [2.75, 3.05) is 106 Å². The first-order chi connectivity index (χ1) is 30.0. The maximum Gasteiger partial charge on any atom is 0.388 e. The Hall–Kier alpha value is 0.906. The molecule has 0 bridgehead atoms. The predicted molar refractivity (Wildman–Crippen MR) is 249 cm³/mol. The van der Waals surface area contributed by atoms with E-state index in [0.717, 1.165) is 0 Å². The second-order valence-corrected chi connectivity index (χ2v) is 90.6. The first kappa shape index (κ1) is 64.9. The van der Waals surface area contributed by atoms with E-state index in [0.29, 0.717) is 85.7 Å². The number of ether oxygens (including phenoxy) is 8. The van der Waals surface area contributed by atoms with E-state index in [2.05, 4.69) is 0 Å². The summed E-state index contributed by atoms with van der Waals surface area (Å²) in [6.07, 6.45) is -5.55. The van der Waals surface area contributed by atoms with E-state index in [1.807, 2.05) is 0 Å². The Balaban J connectivity index is 4.90. The number of rotatable bonds is 42. The zero-order valence-corrected chi connectivity index (χ0v) is 53.3. The van der Waals surface area contributed by atoms with E-state index in [1.165, 1.54) is 6.55 Å². The van der Waals surface area contributed by atoms with Crippen molar-refractivity contribution >= 4 is 114 Å². The molecule has 37 heteroatoms. The van der Waals surface area contributed by atoms with Crippen LogP contribution >= 0.6 is 0 Å². The number of halogens is 3. The van der Waals surface area contributed by atoms with Gasteiger partial charge in [-0.15, -0.1) is 0 Å². The summed E-state index contributed by atoms with van der Waals surface area (Å²) < 4.78 is 187. The summed E-state index contributed by atoms with van der Waals surface area (Å²) in [5.74, 6) is 0. The summed E-state index contributed by atoms with van der Waals surface area (Å²) in [6, 6.07) is -0.323. The largest absolute Gasteiger partial charge is 0.458 e. The molecule has 372 valence electrons. The SMILES string of the molecule is COCCOCCOCCOCCOCCOCCOCCOCCC[Si](C)(O[SiH2][Si](=O)[Si](=O)[Si](=O)[Si](=O)[Si](=O)[Si](=O)[Si](=O)[Si](C)(CCC(F)(F)F)C(C)(C)C)[Si](O[SiH2]O)([SiH2]O)[SiH2]O. The van der Waals surface area contributed by atoms with Crippen LogP contribution in [0.1, 0.15) is 33.6 Å². The van der Waals surface area contributed by atoms with E-state index in [1.54, 1.807) is 34.4 Å². The molecule has 0 spiro atoms. The maximum absolute atomic E-state index is 13.5. The van der Waals surface area contributed by atoms with Gasteiger partial charge in [-0.1, -0.05) is 27.3 Å². The van der Waals surface area contributed by atoms with Gasteiger partial charge in [0, 0.05) is 20.1 Å². The van der Waals surface area contributed by atoms with Crippen molar-refractivity contribution in [1.82, 2.24) is 0 Å². The summed E-state index contributed by atoms with van der Waals surface area (Å²) in [4.78, 5) is 30.8. The maximum atomic E-state index is 13.5. The van der Waals surface area contributed by atoms with Crippen molar-refractivity contribution in [3.05, 3.63) is 0 Å². The smallest absolute Gasteiger partial charge is 0.388 e. The quantitative estimate of drug-likeness (QED) is 0.0387. The highest BCUT2D eigenvalue weighted by atomic mass is 30.0. The molecule has 0 amide bonds. The number of methoxy groups -OCH3 is 1. The fraction of sp³-hybridized carbons (Fsp3) is 1.00. The molecule has 0 saturated carbocycles. The molecule has 0 aliphatic heterocycles. The molecule has 0 heterocycles. The standard InChI is InChI=1S/C27H67F3O20Si14/c1-26(2,3)62(5,25-8-27(28,29)30)61(40)60(39)59(38)58(37)57(36)56(35)55(34)54-50-63(6,64(52-32,53-33)49-51-31)24-7-9-42-12-13-44-16-17-46-20-21-48-23-22-47-19-18-45-15-14-43-11-10-41-4/h31-33H,7-25,51-54H2,1-6H3. The van der Waals surface area contributed by atoms with Gasteiger partial charge in [0.15, 0.2) is 26.4 Å². The molecule has 0 rings (SSSR count). The molecule has 2 atom stereocenters. The van der Waals surface area contributed by atoms with Gasteiger partial charge in [-0.05, 0) is 30.1 Å². The second kappa shape index (κ2) is 35.1. The third-order valence-electron chi connectivity index (χ3n) is 10.3. The highest BCUT2D eigenvalue weighted by molar-refractivity contribution is 7.76. The minimum absolute atomic E-state index is 0.206. The van der Waals surface area contributed by atoms with Crippen LogP contribution in [0, 0.1) is 0 Å². The Kier molecular flexibility index (Phi) is 35.6. The molecular formula is C27H67F3O20Si14. The number of hydrogen-bond donors (Lipinski definition) is 3. The van der Waals surface area contributed by atoms with Gasteiger partial charge in [0.2, 0.25) is 16.2 Å². The Morgan fingerprint density at radius 2 is 0.906 bits per heavy atom. The lowest BCUT2D eigenvalue weighted by Crippen LogP contribution is -2.74. The van der Waals surface area contributed by atoms with Crippen molar-refractivity contribution in [1.29, 1.82) is 0 Å². The third-order valence-corrected chi connectivity index (χ3v) is 127. The Labute approximate surface area is 393 Å². The molecule has 0 radical (unpaired) electrons. The molecule has 0 aliphatic carbocycles. The van der Waals surface area contributed by atoms with Crippen LogP contribution in [-0.2, 0) is 77.4 Å². The first-order valence-corrected chi connectivity index (χ1v) is 55.7. The summed E-state index contributed by atoms with van der Waals surface area (Å²) in [5, 5.41) is -0.977. The summed E-state index contributed by atoms with van der Waals surface area (Å²) in [7, 11) is -40.0. The van der Waals surface area contributed by atoms with Crippen LogP contribution in [0.15, 0.2) is 0 Å². The van der Waals surface area contributed by atoms with E-state index in [-0.39, 0.29) is 25.9 Å². The average Bonchev–Trinajstić information content (AvgIpc) is 3.25. The lowest BCUT2D eigenvalue weighted by molar-refractivity contribution is -0.130. The van der Waals surface area contributed by atoms with Crippen LogP contribution in [0.4, 0.5) is 13.2 Å². The molecule has 0 fully saturated rings. The summed E-state index contributed by atoms with van der Waals surface area (Å²) in [5.41, 5.74) is 0. The Morgan fingerprint density at radius 3 is 1.27 bits per heavy atom. The van der Waals surface area contributed by atoms with Crippen LogP contribution in [0.25, 0.3) is 0 Å². The molecule has 0 aliphatic rings. The molecule has 64 heavy (non-hydrogen) atoms. The van der Waals surface area contributed by atoms with E-state index in [9.17, 15) is 58.8 Å². The third kappa shape index (κ3) is 24.6. The highest BCUT2D eigenvalue weighted by Crippen LogP contribution is 2.41. The van der Waals surface area contributed by atoms with Crippen LogP contribution in [0.2, 0.25) is 30.2 Å². The summed E-state index contributed by atoms with van der Waals surface area (Å²) >= 11 is 0. The van der Waals surface area contributed by atoms with Crippen molar-refractivity contribution < 1.29 is 105 Å². The van der Waals surface area contributed by atoms with Gasteiger partial charge < -0.3 is 91.7 Å². The Morgan fingerprint density at radius 1 is 0.531 bits per heavy atom. The first-order valence-electron chi connectivity index (χ1n) is 20.5. The van der Waals surface area contributed by atoms with Crippen molar-refractivity contribution in [2.45, 2.75) is 70.0 Å². The normalized spacial score (nSPS) is 15.7. The van der Waals surface area contributed by atoms with Crippen LogP contribution < -0.4 is 0 Å². The van der Waals surface area contributed by atoms with Gasteiger partial charge in [-0.2, -0.15) is 13.2 Å². The monoisotopic (exact) mass is 1160 g/mol. The van der Waals surface area contributed by atoms with Gasteiger partial charge >= 0.3 is 60.2 Å². The van der Waals surface area contributed by atoms with Crippen LogP contribution in [0.3, 0.4) is 0 Å². The van der Waals surface area contributed by atoms with E-state index >= 15 is 0 Å². The van der Waals surface area contributed by atoms with E-state index in [4.69, 9.17) is 46.1 Å². The molecule has 0 aromatic heterocycles. The number of hydrogen-bond acceptors (Lipinski definition) is 20. The van der Waals surface area contributed by atoms with Gasteiger partial charge in [0.1, 0.15) is 7.59 Å². The summed E-state index contributed by atoms with van der Waals surface area (Å²) in [6.45, 7) is 10.2. The topological polar surface area (TPSA) is 272 Å². The van der Waals surface area contributed by atoms with Crippen molar-refractivity contribution in [3.63, 3.8) is 0 Å². The molecule has 2 unspecified atom stereocenters. The van der Waals surface area contributed by atoms with Crippen molar-refractivity contribution in [2.24, 2.45) is 0 Å². The van der Waals surface area contributed by atoms with Crippen molar-refractivity contribution in [3.8, 4) is 0 Å². The van der Waals surface area contributed by atoms with Crippen LogP contribution in [0.5, 0.6) is 0 Å². The molecule has 3 N–H and O–H groups in total. The van der Waals surface area contributed by atoms with E-state index < -0.39 is 138 Å². The molecule has 20 nitrogen and oxygen atoms in total. The second-order valence-electron chi connectivity index (χ2n) is 15.6. The molecule has 0 aromatic carbocycles. The number of alkyl halides is 3. The van der Waals surface area contributed by atoms with Gasteiger partial charge in [-0.3, -0.25) is 0 Å². The van der Waals surface area contributed by atoms with Gasteiger partial charge in [0.05, 0.1) is 92.5 Å². The predicted octanol–water partition coefficient (Wildman–Crippen LogP) is -4.18.